The van der Waals surface area contributed by atoms with Crippen LogP contribution in [-0.4, -0.2) is 34.1 Å². The molecule has 1 aliphatic heterocycles. The Balaban J connectivity index is 1.55. The van der Waals surface area contributed by atoms with Crippen molar-refractivity contribution in [3.05, 3.63) is 22.7 Å². The summed E-state index contributed by atoms with van der Waals surface area (Å²) in [4.78, 5) is 14.3. The van der Waals surface area contributed by atoms with Crippen molar-refractivity contribution in [1.82, 2.24) is 15.1 Å². The molecule has 1 amide bonds. The molecule has 5 nitrogen and oxygen atoms in total. The molecule has 0 aliphatic carbocycles. The number of rotatable bonds is 4. The van der Waals surface area contributed by atoms with Gasteiger partial charge in [0.1, 0.15) is 0 Å². The van der Waals surface area contributed by atoms with Crippen LogP contribution in [0.4, 0.5) is 0 Å². The Morgan fingerprint density at radius 3 is 2.82 bits per heavy atom. The van der Waals surface area contributed by atoms with E-state index in [0.717, 1.165) is 18.7 Å². The van der Waals surface area contributed by atoms with Gasteiger partial charge in [-0.1, -0.05) is 13.8 Å². The molecule has 0 aromatic carbocycles. The second kappa shape index (κ2) is 6.60. The van der Waals surface area contributed by atoms with Gasteiger partial charge in [0.2, 0.25) is 17.7 Å². The Morgan fingerprint density at radius 2 is 2.14 bits per heavy atom. The second-order valence-electron chi connectivity index (χ2n) is 6.26. The molecule has 2 aromatic rings. The highest BCUT2D eigenvalue weighted by Crippen LogP contribution is 2.23. The van der Waals surface area contributed by atoms with Crippen molar-refractivity contribution in [2.24, 2.45) is 11.8 Å². The summed E-state index contributed by atoms with van der Waals surface area (Å²) in [5.41, 5.74) is 0.939. The first-order valence-corrected chi connectivity index (χ1v) is 8.69. The van der Waals surface area contributed by atoms with Crippen molar-refractivity contribution in [1.29, 1.82) is 0 Å². The number of aryl methyl sites for hydroxylation is 1. The monoisotopic (exact) mass is 319 g/mol. The maximum atomic E-state index is 12.3. The third kappa shape index (κ3) is 3.55. The minimum Gasteiger partial charge on any atom is -0.421 e. The molecule has 0 radical (unpaired) electrons. The average molecular weight is 319 g/mol. The van der Waals surface area contributed by atoms with E-state index in [0.29, 0.717) is 36.5 Å². The van der Waals surface area contributed by atoms with Gasteiger partial charge in [0, 0.05) is 36.9 Å². The van der Waals surface area contributed by atoms with Crippen molar-refractivity contribution in [3.63, 3.8) is 0 Å². The lowest BCUT2D eigenvalue weighted by molar-refractivity contribution is -0.133. The highest BCUT2D eigenvalue weighted by molar-refractivity contribution is 7.08. The number of thiophene rings is 1. The summed E-state index contributed by atoms with van der Waals surface area (Å²) >= 11 is 1.59. The molecule has 1 saturated heterocycles. The van der Waals surface area contributed by atoms with Crippen LogP contribution in [0.2, 0.25) is 0 Å². The van der Waals surface area contributed by atoms with Crippen LogP contribution >= 0.6 is 11.3 Å². The van der Waals surface area contributed by atoms with Crippen LogP contribution in [0.1, 0.15) is 32.6 Å². The number of piperidine rings is 1. The number of nitrogens with zero attached hydrogens (tertiary/aromatic N) is 3. The van der Waals surface area contributed by atoms with Gasteiger partial charge in [0.15, 0.2) is 0 Å². The molecular weight excluding hydrogens is 298 g/mol. The molecular formula is C16H21N3O2S. The smallest absolute Gasteiger partial charge is 0.248 e. The maximum absolute atomic E-state index is 12.3. The lowest BCUT2D eigenvalue weighted by Crippen LogP contribution is -2.42. The van der Waals surface area contributed by atoms with Gasteiger partial charge in [-0.3, -0.25) is 4.79 Å². The minimum atomic E-state index is 0.189. The molecule has 0 spiro atoms. The molecule has 0 bridgehead atoms. The van der Waals surface area contributed by atoms with Gasteiger partial charge in [-0.2, -0.15) is 11.3 Å². The summed E-state index contributed by atoms with van der Waals surface area (Å²) in [6.07, 6.45) is 2.15. The van der Waals surface area contributed by atoms with Gasteiger partial charge in [0.05, 0.1) is 0 Å². The molecule has 0 N–H and O–H groups in total. The first-order chi connectivity index (χ1) is 10.6. The van der Waals surface area contributed by atoms with E-state index >= 15 is 0 Å². The van der Waals surface area contributed by atoms with Crippen LogP contribution in [-0.2, 0) is 11.2 Å². The predicted octanol–water partition coefficient (Wildman–Crippen LogP) is 3.24. The largest absolute Gasteiger partial charge is 0.421 e. The van der Waals surface area contributed by atoms with Crippen LogP contribution < -0.4 is 0 Å². The fourth-order valence-corrected chi connectivity index (χ4v) is 3.73. The van der Waals surface area contributed by atoms with E-state index in [2.05, 4.69) is 24.0 Å². The highest BCUT2D eigenvalue weighted by atomic mass is 32.1. The number of likely N-dealkylation sites (tertiary alicyclic amines) is 1. The van der Waals surface area contributed by atoms with Crippen LogP contribution in [0.5, 0.6) is 0 Å². The highest BCUT2D eigenvalue weighted by Gasteiger charge is 2.25. The summed E-state index contributed by atoms with van der Waals surface area (Å²) < 4.78 is 5.62. The van der Waals surface area contributed by atoms with Gasteiger partial charge in [-0.25, -0.2) is 0 Å². The van der Waals surface area contributed by atoms with Crippen LogP contribution in [0.25, 0.3) is 11.5 Å². The molecule has 1 aliphatic rings. The van der Waals surface area contributed by atoms with E-state index in [1.807, 2.05) is 21.7 Å². The normalized spacial score (nSPS) is 22.0. The van der Waals surface area contributed by atoms with E-state index < -0.39 is 0 Å². The third-order valence-corrected chi connectivity index (χ3v) is 4.69. The van der Waals surface area contributed by atoms with Gasteiger partial charge in [-0.15, -0.1) is 10.2 Å². The molecule has 3 rings (SSSR count). The second-order valence-corrected chi connectivity index (χ2v) is 7.04. The fraction of sp³-hybridized carbons (Fsp3) is 0.562. The van der Waals surface area contributed by atoms with E-state index in [1.54, 1.807) is 11.3 Å². The van der Waals surface area contributed by atoms with Crippen LogP contribution in [0.15, 0.2) is 21.2 Å². The van der Waals surface area contributed by atoms with Crippen molar-refractivity contribution >= 4 is 17.2 Å². The Hall–Kier alpha value is -1.69. The molecule has 3 heterocycles. The molecule has 0 saturated carbocycles. The standard InChI is InChI=1S/C16H21N3O2S/c1-11-7-12(2)9-19(8-11)15(20)4-3-14-17-18-16(21-14)13-5-6-22-10-13/h5-6,10-12H,3-4,7-9H2,1-2H3/t11-,12-/m1/s1. The Bertz CT molecular complexity index is 613. The van der Waals surface area contributed by atoms with Gasteiger partial charge in [0.25, 0.3) is 0 Å². The van der Waals surface area contributed by atoms with Crippen LogP contribution in [0.3, 0.4) is 0 Å². The molecule has 2 atom stereocenters. The first kappa shape index (κ1) is 15.2. The van der Waals surface area contributed by atoms with Crippen LogP contribution in [0, 0.1) is 11.8 Å². The van der Waals surface area contributed by atoms with Crippen molar-refractivity contribution < 1.29 is 9.21 Å². The first-order valence-electron chi connectivity index (χ1n) is 7.74. The average Bonchev–Trinajstić information content (AvgIpc) is 3.14. The lowest BCUT2D eigenvalue weighted by atomic mass is 9.91. The third-order valence-electron chi connectivity index (χ3n) is 4.01. The molecule has 22 heavy (non-hydrogen) atoms. The van der Waals surface area contributed by atoms with E-state index in [1.165, 1.54) is 6.42 Å². The Kier molecular flexibility index (Phi) is 4.57. The maximum Gasteiger partial charge on any atom is 0.248 e. The summed E-state index contributed by atoms with van der Waals surface area (Å²) in [6, 6.07) is 1.95. The SMILES string of the molecule is C[C@@H]1C[C@@H](C)CN(C(=O)CCc2nnc(-c3ccsc3)o2)C1. The molecule has 6 heteroatoms. The van der Waals surface area contributed by atoms with Crippen molar-refractivity contribution in [2.75, 3.05) is 13.1 Å². The number of amides is 1. The number of carbonyl (C=O) groups is 1. The zero-order chi connectivity index (χ0) is 15.5. The predicted molar refractivity (Wildman–Crippen MR) is 85.5 cm³/mol. The zero-order valence-corrected chi connectivity index (χ0v) is 13.8. The fourth-order valence-electron chi connectivity index (χ4n) is 3.10. The quantitative estimate of drug-likeness (QED) is 0.868. The molecule has 2 aromatic heterocycles. The summed E-state index contributed by atoms with van der Waals surface area (Å²) in [5.74, 6) is 2.42. The zero-order valence-electron chi connectivity index (χ0n) is 13.0. The number of carbonyl (C=O) groups excluding carboxylic acids is 1. The van der Waals surface area contributed by atoms with Gasteiger partial charge in [-0.05, 0) is 29.7 Å². The van der Waals surface area contributed by atoms with Crippen molar-refractivity contribution in [3.8, 4) is 11.5 Å². The number of aromatic nitrogens is 2. The van der Waals surface area contributed by atoms with Crippen molar-refractivity contribution in [2.45, 2.75) is 33.1 Å². The van der Waals surface area contributed by atoms with E-state index in [-0.39, 0.29) is 5.91 Å². The minimum absolute atomic E-state index is 0.189. The molecule has 0 unspecified atom stereocenters. The summed E-state index contributed by atoms with van der Waals surface area (Å²) in [5, 5.41) is 12.0. The lowest BCUT2D eigenvalue weighted by Gasteiger charge is -2.35. The topological polar surface area (TPSA) is 59.2 Å². The summed E-state index contributed by atoms with van der Waals surface area (Å²) in [7, 11) is 0. The Labute approximate surface area is 134 Å². The van der Waals surface area contributed by atoms with Gasteiger partial charge < -0.3 is 9.32 Å². The van der Waals surface area contributed by atoms with Gasteiger partial charge >= 0.3 is 0 Å². The van der Waals surface area contributed by atoms with E-state index in [9.17, 15) is 4.79 Å². The number of hydrogen-bond donors (Lipinski definition) is 0. The molecule has 1 fully saturated rings. The Morgan fingerprint density at radius 1 is 1.36 bits per heavy atom. The van der Waals surface area contributed by atoms with E-state index in [4.69, 9.17) is 4.42 Å². The summed E-state index contributed by atoms with van der Waals surface area (Å²) in [6.45, 7) is 6.16. The number of hydrogen-bond acceptors (Lipinski definition) is 5. The molecule has 118 valence electrons.